The average molecular weight is 186 g/mol. The molecule has 0 saturated carbocycles. The molecule has 76 valence electrons. The van der Waals surface area contributed by atoms with Crippen molar-refractivity contribution in [3.05, 3.63) is 0 Å². The molecule has 4 heteroatoms. The van der Waals surface area contributed by atoms with Crippen molar-refractivity contribution in [3.63, 3.8) is 0 Å². The van der Waals surface area contributed by atoms with Crippen LogP contribution >= 0.6 is 0 Å². The minimum absolute atomic E-state index is 0.0560. The second kappa shape index (κ2) is 5.94. The monoisotopic (exact) mass is 186 g/mol. The molecule has 13 heavy (non-hydrogen) atoms. The first-order chi connectivity index (χ1) is 6.33. The fourth-order valence-electron chi connectivity index (χ4n) is 1.47. The van der Waals surface area contributed by atoms with E-state index in [0.717, 1.165) is 32.4 Å². The average Bonchev–Trinajstić information content (AvgIpc) is 2.57. The van der Waals surface area contributed by atoms with Gasteiger partial charge in [0.15, 0.2) is 0 Å². The van der Waals surface area contributed by atoms with E-state index >= 15 is 0 Å². The van der Waals surface area contributed by atoms with Gasteiger partial charge in [-0.1, -0.05) is 0 Å². The Labute approximate surface area is 79.0 Å². The van der Waals surface area contributed by atoms with Crippen LogP contribution in [0.4, 0.5) is 0 Å². The van der Waals surface area contributed by atoms with E-state index in [-0.39, 0.29) is 5.91 Å². The Bertz CT molecular complexity index is 156. The SMILES string of the molecule is CNCC(=O)NCCC1CCCO1. The fraction of sp³-hybridized carbons (Fsp3) is 0.889. The molecule has 1 aliphatic heterocycles. The smallest absolute Gasteiger partial charge is 0.233 e. The minimum atomic E-state index is 0.0560. The van der Waals surface area contributed by atoms with Crippen LogP contribution in [0, 0.1) is 0 Å². The summed E-state index contributed by atoms with van der Waals surface area (Å²) in [5.74, 6) is 0.0560. The number of carbonyl (C=O) groups is 1. The zero-order chi connectivity index (χ0) is 9.52. The highest BCUT2D eigenvalue weighted by molar-refractivity contribution is 5.77. The summed E-state index contributed by atoms with van der Waals surface area (Å²) < 4.78 is 5.43. The predicted molar refractivity (Wildman–Crippen MR) is 50.5 cm³/mol. The van der Waals surface area contributed by atoms with E-state index in [1.54, 1.807) is 7.05 Å². The van der Waals surface area contributed by atoms with Crippen molar-refractivity contribution in [1.29, 1.82) is 0 Å². The van der Waals surface area contributed by atoms with Crippen molar-refractivity contribution < 1.29 is 9.53 Å². The first-order valence-corrected chi connectivity index (χ1v) is 4.86. The van der Waals surface area contributed by atoms with Crippen molar-refractivity contribution in [2.45, 2.75) is 25.4 Å². The number of carbonyl (C=O) groups excluding carboxylic acids is 1. The number of hydrogen-bond donors (Lipinski definition) is 2. The molecule has 4 nitrogen and oxygen atoms in total. The molecule has 1 saturated heterocycles. The first kappa shape index (κ1) is 10.5. The second-order valence-electron chi connectivity index (χ2n) is 3.30. The summed E-state index contributed by atoms with van der Waals surface area (Å²) in [6.45, 7) is 2.01. The van der Waals surface area contributed by atoms with Crippen molar-refractivity contribution in [2.75, 3.05) is 26.7 Å². The molecule has 1 unspecified atom stereocenters. The highest BCUT2D eigenvalue weighted by Crippen LogP contribution is 2.14. The number of ether oxygens (including phenoxy) is 1. The summed E-state index contributed by atoms with van der Waals surface area (Å²) in [7, 11) is 1.76. The van der Waals surface area contributed by atoms with E-state index in [4.69, 9.17) is 4.74 Å². The van der Waals surface area contributed by atoms with E-state index in [0.29, 0.717) is 12.6 Å². The van der Waals surface area contributed by atoms with Crippen LogP contribution in [0.5, 0.6) is 0 Å². The number of likely N-dealkylation sites (N-methyl/N-ethyl adjacent to an activating group) is 1. The van der Waals surface area contributed by atoms with Gasteiger partial charge in [0.25, 0.3) is 0 Å². The van der Waals surface area contributed by atoms with E-state index in [9.17, 15) is 4.79 Å². The van der Waals surface area contributed by atoms with Crippen LogP contribution in [0.1, 0.15) is 19.3 Å². The maximum absolute atomic E-state index is 11.0. The quantitative estimate of drug-likeness (QED) is 0.630. The van der Waals surface area contributed by atoms with Gasteiger partial charge in [-0.05, 0) is 26.3 Å². The van der Waals surface area contributed by atoms with Crippen molar-refractivity contribution in [2.24, 2.45) is 0 Å². The van der Waals surface area contributed by atoms with Crippen LogP contribution in [-0.4, -0.2) is 38.8 Å². The summed E-state index contributed by atoms with van der Waals surface area (Å²) in [5.41, 5.74) is 0. The molecule has 0 aromatic carbocycles. The lowest BCUT2D eigenvalue weighted by Gasteiger charge is -2.09. The molecule has 0 radical (unpaired) electrons. The Kier molecular flexibility index (Phi) is 4.78. The molecule has 0 spiro atoms. The maximum Gasteiger partial charge on any atom is 0.233 e. The van der Waals surface area contributed by atoms with Crippen LogP contribution in [0.15, 0.2) is 0 Å². The standard InChI is InChI=1S/C9H18N2O2/c1-10-7-9(12)11-5-4-8-3-2-6-13-8/h8,10H,2-7H2,1H3,(H,11,12). The van der Waals surface area contributed by atoms with E-state index in [1.807, 2.05) is 0 Å². The summed E-state index contributed by atoms with van der Waals surface area (Å²) in [6, 6.07) is 0. The molecular formula is C9H18N2O2. The van der Waals surface area contributed by atoms with Gasteiger partial charge in [-0.15, -0.1) is 0 Å². The van der Waals surface area contributed by atoms with E-state index in [1.165, 1.54) is 0 Å². The van der Waals surface area contributed by atoms with Crippen molar-refractivity contribution in [3.8, 4) is 0 Å². The van der Waals surface area contributed by atoms with Gasteiger partial charge >= 0.3 is 0 Å². The molecule has 0 bridgehead atoms. The summed E-state index contributed by atoms with van der Waals surface area (Å²) in [6.07, 6.45) is 3.61. The van der Waals surface area contributed by atoms with Gasteiger partial charge in [-0.25, -0.2) is 0 Å². The van der Waals surface area contributed by atoms with E-state index in [2.05, 4.69) is 10.6 Å². The largest absolute Gasteiger partial charge is 0.378 e. The Balaban J connectivity index is 1.96. The van der Waals surface area contributed by atoms with Crippen molar-refractivity contribution >= 4 is 5.91 Å². The number of nitrogens with one attached hydrogen (secondary N) is 2. The van der Waals surface area contributed by atoms with Crippen LogP contribution < -0.4 is 10.6 Å². The normalized spacial score (nSPS) is 21.8. The molecule has 0 aliphatic carbocycles. The molecule has 1 heterocycles. The third-order valence-corrected chi connectivity index (χ3v) is 2.15. The third kappa shape index (κ3) is 4.24. The molecule has 0 aromatic rings. The van der Waals surface area contributed by atoms with Gasteiger partial charge in [0.1, 0.15) is 0 Å². The minimum Gasteiger partial charge on any atom is -0.378 e. The van der Waals surface area contributed by atoms with Gasteiger partial charge in [-0.2, -0.15) is 0 Å². The Morgan fingerprint density at radius 1 is 1.62 bits per heavy atom. The lowest BCUT2D eigenvalue weighted by atomic mass is 10.2. The molecule has 1 amide bonds. The van der Waals surface area contributed by atoms with Crippen LogP contribution in [0.3, 0.4) is 0 Å². The zero-order valence-corrected chi connectivity index (χ0v) is 8.14. The van der Waals surface area contributed by atoms with Crippen molar-refractivity contribution in [1.82, 2.24) is 10.6 Å². The topological polar surface area (TPSA) is 50.4 Å². The summed E-state index contributed by atoms with van der Waals surface area (Å²) in [5, 5.41) is 5.63. The Morgan fingerprint density at radius 3 is 3.08 bits per heavy atom. The highest BCUT2D eigenvalue weighted by atomic mass is 16.5. The molecule has 1 aliphatic rings. The fourth-order valence-corrected chi connectivity index (χ4v) is 1.47. The van der Waals surface area contributed by atoms with E-state index < -0.39 is 0 Å². The Hall–Kier alpha value is -0.610. The predicted octanol–water partition coefficient (Wildman–Crippen LogP) is -0.109. The van der Waals surface area contributed by atoms with Crippen LogP contribution in [0.2, 0.25) is 0 Å². The maximum atomic E-state index is 11.0. The molecule has 1 fully saturated rings. The molecule has 2 N–H and O–H groups in total. The van der Waals surface area contributed by atoms with Crippen LogP contribution in [0.25, 0.3) is 0 Å². The molecular weight excluding hydrogens is 168 g/mol. The third-order valence-electron chi connectivity index (χ3n) is 2.15. The summed E-state index contributed by atoms with van der Waals surface area (Å²) in [4.78, 5) is 11.0. The lowest BCUT2D eigenvalue weighted by Crippen LogP contribution is -2.33. The van der Waals surface area contributed by atoms with Gasteiger partial charge < -0.3 is 15.4 Å². The number of amides is 1. The van der Waals surface area contributed by atoms with Gasteiger partial charge in [0.2, 0.25) is 5.91 Å². The van der Waals surface area contributed by atoms with Gasteiger partial charge in [-0.3, -0.25) is 4.79 Å². The molecule has 1 rings (SSSR count). The highest BCUT2D eigenvalue weighted by Gasteiger charge is 2.14. The number of hydrogen-bond acceptors (Lipinski definition) is 3. The van der Waals surface area contributed by atoms with Crippen LogP contribution in [-0.2, 0) is 9.53 Å². The lowest BCUT2D eigenvalue weighted by molar-refractivity contribution is -0.120. The molecule has 0 aromatic heterocycles. The number of rotatable bonds is 5. The van der Waals surface area contributed by atoms with Gasteiger partial charge in [0.05, 0.1) is 12.6 Å². The van der Waals surface area contributed by atoms with Gasteiger partial charge in [0, 0.05) is 13.2 Å². The Morgan fingerprint density at radius 2 is 2.46 bits per heavy atom. The summed E-state index contributed by atoms with van der Waals surface area (Å²) >= 11 is 0. The molecule has 1 atom stereocenters. The second-order valence-corrected chi connectivity index (χ2v) is 3.30. The first-order valence-electron chi connectivity index (χ1n) is 4.86. The zero-order valence-electron chi connectivity index (χ0n) is 8.14.